The minimum Gasteiger partial charge on any atom is -0.451 e. The summed E-state index contributed by atoms with van der Waals surface area (Å²) >= 11 is 1.26. The van der Waals surface area contributed by atoms with Crippen molar-refractivity contribution in [1.82, 2.24) is 15.1 Å². The van der Waals surface area contributed by atoms with E-state index < -0.39 is 24.4 Å². The highest BCUT2D eigenvalue weighted by atomic mass is 32.1. The Hall–Kier alpha value is -3.78. The summed E-state index contributed by atoms with van der Waals surface area (Å²) in [5.74, 6) is -1.84. The number of amides is 2. The number of imide groups is 1. The molecule has 32 heavy (non-hydrogen) atoms. The maximum absolute atomic E-state index is 12.5. The van der Waals surface area contributed by atoms with Crippen LogP contribution in [0.1, 0.15) is 36.9 Å². The molecule has 0 spiro atoms. The molecule has 2 aromatic carbocycles. The number of rotatable bonds is 6. The van der Waals surface area contributed by atoms with Gasteiger partial charge in [0.15, 0.2) is 6.61 Å². The van der Waals surface area contributed by atoms with Crippen molar-refractivity contribution in [1.29, 1.82) is 0 Å². The van der Waals surface area contributed by atoms with E-state index in [4.69, 9.17) is 4.74 Å². The van der Waals surface area contributed by atoms with Gasteiger partial charge in [-0.25, -0.2) is 4.79 Å². The van der Waals surface area contributed by atoms with Crippen molar-refractivity contribution in [2.45, 2.75) is 20.4 Å². The summed E-state index contributed by atoms with van der Waals surface area (Å²) < 4.78 is 6.98. The van der Waals surface area contributed by atoms with Gasteiger partial charge < -0.3 is 4.74 Å². The molecule has 4 rings (SSSR count). The molecule has 0 radical (unpaired) electrons. The molecule has 0 aliphatic carbocycles. The second kappa shape index (κ2) is 9.15. The highest BCUT2D eigenvalue weighted by Crippen LogP contribution is 2.29. The summed E-state index contributed by atoms with van der Waals surface area (Å²) in [7, 11) is 0. The molecule has 0 fully saturated rings. The molecule has 4 aromatic rings. The molecule has 2 amide bonds. The maximum Gasteiger partial charge on any atom is 0.348 e. The highest BCUT2D eigenvalue weighted by Gasteiger charge is 2.19. The Labute approximate surface area is 188 Å². The minimum atomic E-state index is -0.685. The van der Waals surface area contributed by atoms with Crippen LogP contribution in [-0.2, 0) is 16.1 Å². The van der Waals surface area contributed by atoms with Gasteiger partial charge in [-0.2, -0.15) is 5.10 Å². The van der Waals surface area contributed by atoms with Gasteiger partial charge in [-0.15, -0.1) is 11.3 Å². The smallest absolute Gasteiger partial charge is 0.348 e. The fourth-order valence-corrected chi connectivity index (χ4v) is 4.27. The first-order valence-electron chi connectivity index (χ1n) is 9.99. The topological polar surface area (TPSA) is 90.3 Å². The van der Waals surface area contributed by atoms with Crippen LogP contribution in [0.4, 0.5) is 0 Å². The molecule has 162 valence electrons. The van der Waals surface area contributed by atoms with Crippen LogP contribution < -0.4 is 5.32 Å². The Bertz CT molecular complexity index is 1290. The molecule has 2 aromatic heterocycles. The minimum absolute atomic E-state index is 0.352. The normalized spacial score (nSPS) is 10.8. The molecule has 1 N–H and O–H groups in total. The number of carbonyl (C=O) groups excluding carboxylic acids is 3. The SMILES string of the molecule is Cc1ccc(Cn2nc(C)c3cc(C(=O)OCC(=O)NC(=O)c4ccccc4)sc32)cc1. The predicted molar refractivity (Wildman–Crippen MR) is 122 cm³/mol. The number of nitrogens with zero attached hydrogens (tertiary/aromatic N) is 2. The zero-order valence-electron chi connectivity index (χ0n) is 17.6. The van der Waals surface area contributed by atoms with Gasteiger partial charge in [0.1, 0.15) is 9.71 Å². The number of hydrogen-bond acceptors (Lipinski definition) is 6. The number of nitrogens with one attached hydrogen (secondary N) is 1. The maximum atomic E-state index is 12.5. The van der Waals surface area contributed by atoms with E-state index in [0.29, 0.717) is 17.0 Å². The largest absolute Gasteiger partial charge is 0.451 e. The average molecular weight is 448 g/mol. The quantitative estimate of drug-likeness (QED) is 0.453. The third-order valence-corrected chi connectivity index (χ3v) is 6.01. The first-order chi connectivity index (χ1) is 15.4. The van der Waals surface area contributed by atoms with Crippen LogP contribution in [0.25, 0.3) is 10.2 Å². The number of fused-ring (bicyclic) bond motifs is 1. The standard InChI is InChI=1S/C24H21N3O4S/c1-15-8-10-17(11-9-15)13-27-23-19(16(2)26-27)12-20(32-23)24(30)31-14-21(28)25-22(29)18-6-4-3-5-7-18/h3-12H,13-14H2,1-2H3,(H,25,28,29). The zero-order chi connectivity index (χ0) is 22.7. The molecule has 0 saturated carbocycles. The van der Waals surface area contributed by atoms with E-state index in [1.807, 2.05) is 30.7 Å². The Morgan fingerprint density at radius 1 is 1.03 bits per heavy atom. The van der Waals surface area contributed by atoms with Crippen LogP contribution in [0.15, 0.2) is 60.7 Å². The predicted octanol–water partition coefficient (Wildman–Crippen LogP) is 3.88. The fraction of sp³-hybridized carbons (Fsp3) is 0.167. The molecular weight excluding hydrogens is 426 g/mol. The number of aryl methyl sites for hydroxylation is 2. The summed E-state index contributed by atoms with van der Waals surface area (Å²) in [4.78, 5) is 37.7. The van der Waals surface area contributed by atoms with Gasteiger partial charge >= 0.3 is 5.97 Å². The van der Waals surface area contributed by atoms with Gasteiger partial charge in [-0.3, -0.25) is 19.6 Å². The Balaban J connectivity index is 1.41. The molecule has 0 aliphatic rings. The van der Waals surface area contributed by atoms with Crippen LogP contribution in [0.2, 0.25) is 0 Å². The third kappa shape index (κ3) is 4.76. The molecule has 7 nitrogen and oxygen atoms in total. The number of thiophene rings is 1. The lowest BCUT2D eigenvalue weighted by Crippen LogP contribution is -2.34. The van der Waals surface area contributed by atoms with Crippen LogP contribution in [0.5, 0.6) is 0 Å². The number of hydrogen-bond donors (Lipinski definition) is 1. The Morgan fingerprint density at radius 3 is 2.47 bits per heavy atom. The van der Waals surface area contributed by atoms with E-state index >= 15 is 0 Å². The van der Waals surface area contributed by atoms with Crippen molar-refractivity contribution in [2.75, 3.05) is 6.61 Å². The molecular formula is C24H21N3O4S. The summed E-state index contributed by atoms with van der Waals surface area (Å²) in [6.45, 7) is 3.97. The molecule has 0 bridgehead atoms. The second-order valence-corrected chi connectivity index (χ2v) is 8.41. The van der Waals surface area contributed by atoms with E-state index in [1.165, 1.54) is 16.9 Å². The summed E-state index contributed by atoms with van der Waals surface area (Å²) in [6.07, 6.45) is 0. The van der Waals surface area contributed by atoms with Crippen molar-refractivity contribution >= 4 is 39.3 Å². The molecule has 0 aliphatic heterocycles. The van der Waals surface area contributed by atoms with Crippen LogP contribution >= 0.6 is 11.3 Å². The van der Waals surface area contributed by atoms with E-state index in [-0.39, 0.29) is 0 Å². The molecule has 0 atom stereocenters. The molecule has 0 saturated heterocycles. The van der Waals surface area contributed by atoms with E-state index in [1.54, 1.807) is 36.4 Å². The number of esters is 1. The van der Waals surface area contributed by atoms with E-state index in [0.717, 1.165) is 21.5 Å². The van der Waals surface area contributed by atoms with E-state index in [9.17, 15) is 14.4 Å². The summed E-state index contributed by atoms with van der Waals surface area (Å²) in [5.41, 5.74) is 3.46. The molecule has 2 heterocycles. The van der Waals surface area contributed by atoms with E-state index in [2.05, 4.69) is 22.5 Å². The van der Waals surface area contributed by atoms with Crippen molar-refractivity contribution in [3.05, 3.63) is 87.9 Å². The van der Waals surface area contributed by atoms with Gasteiger partial charge in [0.25, 0.3) is 11.8 Å². The van der Waals surface area contributed by atoms with Crippen LogP contribution in [-0.4, -0.2) is 34.2 Å². The highest BCUT2D eigenvalue weighted by molar-refractivity contribution is 7.20. The van der Waals surface area contributed by atoms with Crippen molar-refractivity contribution in [3.8, 4) is 0 Å². The lowest BCUT2D eigenvalue weighted by Gasteiger charge is -2.05. The number of benzene rings is 2. The third-order valence-electron chi connectivity index (χ3n) is 4.88. The van der Waals surface area contributed by atoms with Gasteiger partial charge in [0.2, 0.25) is 0 Å². The second-order valence-electron chi connectivity index (χ2n) is 7.38. The lowest BCUT2D eigenvalue weighted by atomic mass is 10.1. The first kappa shape index (κ1) is 21.5. The Morgan fingerprint density at radius 2 is 1.75 bits per heavy atom. The van der Waals surface area contributed by atoms with Crippen molar-refractivity contribution in [2.24, 2.45) is 0 Å². The molecule has 0 unspecified atom stereocenters. The van der Waals surface area contributed by atoms with Crippen molar-refractivity contribution < 1.29 is 19.1 Å². The van der Waals surface area contributed by atoms with Gasteiger partial charge in [0.05, 0.1) is 12.2 Å². The number of aromatic nitrogens is 2. The lowest BCUT2D eigenvalue weighted by molar-refractivity contribution is -0.123. The number of carbonyl (C=O) groups is 3. The van der Waals surface area contributed by atoms with Gasteiger partial charge in [0, 0.05) is 10.9 Å². The monoisotopic (exact) mass is 447 g/mol. The summed E-state index contributed by atoms with van der Waals surface area (Å²) in [5, 5.41) is 7.66. The summed E-state index contributed by atoms with van der Waals surface area (Å²) in [6, 6.07) is 18.3. The van der Waals surface area contributed by atoms with Crippen LogP contribution in [0, 0.1) is 13.8 Å². The van der Waals surface area contributed by atoms with Gasteiger partial charge in [-0.1, -0.05) is 48.0 Å². The zero-order valence-corrected chi connectivity index (χ0v) is 18.4. The Kier molecular flexibility index (Phi) is 6.13. The average Bonchev–Trinajstić information content (AvgIpc) is 3.35. The number of ether oxygens (including phenoxy) is 1. The van der Waals surface area contributed by atoms with Gasteiger partial charge in [-0.05, 0) is 37.6 Å². The fourth-order valence-electron chi connectivity index (χ4n) is 3.21. The first-order valence-corrected chi connectivity index (χ1v) is 10.8. The molecule has 8 heteroatoms. The van der Waals surface area contributed by atoms with Crippen LogP contribution in [0.3, 0.4) is 0 Å². The van der Waals surface area contributed by atoms with Crippen molar-refractivity contribution in [3.63, 3.8) is 0 Å².